The average molecular weight is 258 g/mol. The van der Waals surface area contributed by atoms with Crippen LogP contribution in [0.3, 0.4) is 0 Å². The second-order valence-electron chi connectivity index (χ2n) is 5.65. The van der Waals surface area contributed by atoms with E-state index >= 15 is 0 Å². The number of rotatable bonds is 7. The van der Waals surface area contributed by atoms with Crippen LogP contribution < -0.4 is 5.32 Å². The van der Waals surface area contributed by atoms with Crippen LogP contribution >= 0.6 is 0 Å². The first-order valence-electron chi connectivity index (χ1n) is 7.22. The lowest BCUT2D eigenvalue weighted by Crippen LogP contribution is -2.54. The van der Waals surface area contributed by atoms with Gasteiger partial charge in [-0.25, -0.2) is 0 Å². The highest BCUT2D eigenvalue weighted by atomic mass is 16.5. The summed E-state index contributed by atoms with van der Waals surface area (Å²) in [6.07, 6.45) is 2.35. The molecule has 0 radical (unpaired) electrons. The number of hydrogen-bond donors (Lipinski definition) is 2. The van der Waals surface area contributed by atoms with Crippen molar-refractivity contribution in [2.75, 3.05) is 39.9 Å². The van der Waals surface area contributed by atoms with Crippen LogP contribution in [0, 0.1) is 5.41 Å². The first-order chi connectivity index (χ1) is 8.60. The molecule has 1 saturated heterocycles. The molecule has 2 unspecified atom stereocenters. The van der Waals surface area contributed by atoms with E-state index in [2.05, 4.69) is 31.0 Å². The summed E-state index contributed by atoms with van der Waals surface area (Å²) < 4.78 is 5.60. The topological polar surface area (TPSA) is 44.7 Å². The van der Waals surface area contributed by atoms with Gasteiger partial charge in [0.1, 0.15) is 0 Å². The second kappa shape index (κ2) is 7.43. The Labute approximate surface area is 112 Å². The van der Waals surface area contributed by atoms with Crippen molar-refractivity contribution in [1.29, 1.82) is 0 Å². The van der Waals surface area contributed by atoms with E-state index < -0.39 is 0 Å². The number of hydrogen-bond acceptors (Lipinski definition) is 4. The molecule has 0 saturated carbocycles. The maximum atomic E-state index is 9.25. The van der Waals surface area contributed by atoms with Gasteiger partial charge >= 0.3 is 0 Å². The lowest BCUT2D eigenvalue weighted by atomic mass is 9.81. The molecule has 0 bridgehead atoms. The predicted octanol–water partition coefficient (Wildman–Crippen LogP) is 1.09. The van der Waals surface area contributed by atoms with E-state index in [1.54, 1.807) is 0 Å². The SMILES string of the molecule is CCC(CC)(CNC)CN1CC(CO)OCC1C. The molecule has 1 heterocycles. The van der Waals surface area contributed by atoms with Gasteiger partial charge in [-0.3, -0.25) is 4.90 Å². The summed E-state index contributed by atoms with van der Waals surface area (Å²) in [6.45, 7) is 10.6. The third-order valence-corrected chi connectivity index (χ3v) is 4.43. The number of nitrogens with zero attached hydrogens (tertiary/aromatic N) is 1. The fourth-order valence-electron chi connectivity index (χ4n) is 2.79. The third-order valence-electron chi connectivity index (χ3n) is 4.43. The van der Waals surface area contributed by atoms with Gasteiger partial charge in [0.2, 0.25) is 0 Å². The van der Waals surface area contributed by atoms with Gasteiger partial charge < -0.3 is 15.2 Å². The monoisotopic (exact) mass is 258 g/mol. The van der Waals surface area contributed by atoms with E-state index in [0.29, 0.717) is 11.5 Å². The summed E-state index contributed by atoms with van der Waals surface area (Å²) in [5.41, 5.74) is 0.334. The Kier molecular flexibility index (Phi) is 6.57. The van der Waals surface area contributed by atoms with Gasteiger partial charge in [-0.05, 0) is 32.2 Å². The number of aliphatic hydroxyl groups excluding tert-OH is 1. The van der Waals surface area contributed by atoms with Crippen LogP contribution in [0.5, 0.6) is 0 Å². The number of morpholine rings is 1. The molecular weight excluding hydrogens is 228 g/mol. The molecule has 4 nitrogen and oxygen atoms in total. The van der Waals surface area contributed by atoms with Crippen molar-refractivity contribution in [3.8, 4) is 0 Å². The molecule has 0 aliphatic carbocycles. The third kappa shape index (κ3) is 3.92. The first-order valence-corrected chi connectivity index (χ1v) is 7.22. The fourth-order valence-corrected chi connectivity index (χ4v) is 2.79. The average Bonchev–Trinajstić information content (AvgIpc) is 2.40. The molecule has 1 aliphatic heterocycles. The van der Waals surface area contributed by atoms with Crippen molar-refractivity contribution in [1.82, 2.24) is 10.2 Å². The van der Waals surface area contributed by atoms with Crippen LogP contribution in [-0.4, -0.2) is 62.0 Å². The maximum absolute atomic E-state index is 9.25. The molecule has 0 aromatic carbocycles. The first kappa shape index (κ1) is 15.9. The van der Waals surface area contributed by atoms with Crippen molar-refractivity contribution in [3.63, 3.8) is 0 Å². The summed E-state index contributed by atoms with van der Waals surface area (Å²) in [4.78, 5) is 2.48. The van der Waals surface area contributed by atoms with Crippen LogP contribution in [-0.2, 0) is 4.74 Å². The zero-order valence-corrected chi connectivity index (χ0v) is 12.4. The minimum atomic E-state index is -0.0119. The second-order valence-corrected chi connectivity index (χ2v) is 5.65. The van der Waals surface area contributed by atoms with Crippen molar-refractivity contribution in [3.05, 3.63) is 0 Å². The highest BCUT2D eigenvalue weighted by Crippen LogP contribution is 2.28. The summed E-state index contributed by atoms with van der Waals surface area (Å²) in [5, 5.41) is 12.6. The van der Waals surface area contributed by atoms with Gasteiger partial charge in [-0.2, -0.15) is 0 Å². The zero-order chi connectivity index (χ0) is 13.6. The van der Waals surface area contributed by atoms with E-state index in [4.69, 9.17) is 4.74 Å². The minimum Gasteiger partial charge on any atom is -0.394 e. The quantitative estimate of drug-likeness (QED) is 0.717. The van der Waals surface area contributed by atoms with Gasteiger partial charge in [0, 0.05) is 25.7 Å². The van der Waals surface area contributed by atoms with Crippen LogP contribution in [0.25, 0.3) is 0 Å². The number of ether oxygens (including phenoxy) is 1. The Balaban J connectivity index is 2.65. The number of aliphatic hydroxyl groups is 1. The Hall–Kier alpha value is -0.160. The lowest BCUT2D eigenvalue weighted by Gasteiger charge is -2.43. The van der Waals surface area contributed by atoms with Crippen molar-refractivity contribution in [2.45, 2.75) is 45.8 Å². The van der Waals surface area contributed by atoms with E-state index in [0.717, 1.165) is 26.2 Å². The smallest absolute Gasteiger partial charge is 0.0933 e. The van der Waals surface area contributed by atoms with E-state index in [9.17, 15) is 5.11 Å². The van der Waals surface area contributed by atoms with Gasteiger partial charge in [-0.1, -0.05) is 13.8 Å². The Morgan fingerprint density at radius 3 is 2.56 bits per heavy atom. The van der Waals surface area contributed by atoms with Crippen LogP contribution in [0.4, 0.5) is 0 Å². The molecule has 4 heteroatoms. The molecule has 1 aliphatic rings. The molecule has 0 amide bonds. The largest absolute Gasteiger partial charge is 0.394 e. The standard InChI is InChI=1S/C14H30N2O2/c1-5-14(6-2,10-15-4)11-16-7-13(8-17)18-9-12(16)3/h12-13,15,17H,5-11H2,1-4H3. The summed E-state index contributed by atoms with van der Waals surface area (Å²) >= 11 is 0. The summed E-state index contributed by atoms with van der Waals surface area (Å²) in [7, 11) is 2.03. The molecule has 18 heavy (non-hydrogen) atoms. The Morgan fingerprint density at radius 2 is 2.06 bits per heavy atom. The molecule has 2 atom stereocenters. The molecule has 0 aromatic rings. The summed E-state index contributed by atoms with van der Waals surface area (Å²) in [5.74, 6) is 0. The molecule has 108 valence electrons. The van der Waals surface area contributed by atoms with Gasteiger partial charge in [0.15, 0.2) is 0 Å². The fraction of sp³-hybridized carbons (Fsp3) is 1.00. The predicted molar refractivity (Wildman–Crippen MR) is 74.8 cm³/mol. The molecule has 1 fully saturated rings. The Bertz CT molecular complexity index is 232. The van der Waals surface area contributed by atoms with Gasteiger partial charge in [0.05, 0.1) is 19.3 Å². The van der Waals surface area contributed by atoms with Crippen LogP contribution in [0.15, 0.2) is 0 Å². The van der Waals surface area contributed by atoms with Crippen molar-refractivity contribution < 1.29 is 9.84 Å². The van der Waals surface area contributed by atoms with Gasteiger partial charge in [0.25, 0.3) is 0 Å². The molecule has 0 aromatic heterocycles. The molecule has 1 rings (SSSR count). The molecular formula is C14H30N2O2. The maximum Gasteiger partial charge on any atom is 0.0933 e. The Morgan fingerprint density at radius 1 is 1.39 bits per heavy atom. The lowest BCUT2D eigenvalue weighted by molar-refractivity contribution is -0.0886. The van der Waals surface area contributed by atoms with E-state index in [-0.39, 0.29) is 12.7 Å². The molecule has 2 N–H and O–H groups in total. The highest BCUT2D eigenvalue weighted by molar-refractivity contribution is 4.87. The van der Waals surface area contributed by atoms with E-state index in [1.807, 2.05) is 7.05 Å². The normalized spacial score (nSPS) is 26.5. The zero-order valence-electron chi connectivity index (χ0n) is 12.4. The number of nitrogens with one attached hydrogen (secondary N) is 1. The van der Waals surface area contributed by atoms with Crippen LogP contribution in [0.1, 0.15) is 33.6 Å². The summed E-state index contributed by atoms with van der Waals surface area (Å²) in [6, 6.07) is 0.446. The van der Waals surface area contributed by atoms with Crippen molar-refractivity contribution in [2.24, 2.45) is 5.41 Å². The molecule has 0 spiro atoms. The minimum absolute atomic E-state index is 0.0119. The van der Waals surface area contributed by atoms with Gasteiger partial charge in [-0.15, -0.1) is 0 Å². The highest BCUT2D eigenvalue weighted by Gasteiger charge is 2.33. The van der Waals surface area contributed by atoms with Crippen LogP contribution in [0.2, 0.25) is 0 Å². The van der Waals surface area contributed by atoms with Crippen molar-refractivity contribution >= 4 is 0 Å². The van der Waals surface area contributed by atoms with E-state index in [1.165, 1.54) is 12.8 Å².